The Hall–Kier alpha value is -3.35. The Bertz CT molecular complexity index is 1030. The van der Waals surface area contributed by atoms with Crippen LogP contribution < -0.4 is 10.6 Å². The van der Waals surface area contributed by atoms with Crippen molar-refractivity contribution in [2.75, 3.05) is 10.6 Å². The van der Waals surface area contributed by atoms with Crippen molar-refractivity contribution in [1.29, 1.82) is 0 Å². The van der Waals surface area contributed by atoms with Gasteiger partial charge in [-0.1, -0.05) is 30.3 Å². The molecule has 0 aliphatic heterocycles. The van der Waals surface area contributed by atoms with Crippen LogP contribution in [0.2, 0.25) is 0 Å². The van der Waals surface area contributed by atoms with Crippen molar-refractivity contribution in [1.82, 2.24) is 20.2 Å². The molecular weight excluding hydrogens is 328 g/mol. The lowest BCUT2D eigenvalue weighted by Crippen LogP contribution is -2.05. The van der Waals surface area contributed by atoms with Gasteiger partial charge >= 0.3 is 0 Å². The highest BCUT2D eigenvalue weighted by atomic mass is 16.3. The highest BCUT2D eigenvalue weighted by molar-refractivity contribution is 5.86. The quantitative estimate of drug-likeness (QED) is 0.485. The van der Waals surface area contributed by atoms with Crippen LogP contribution in [-0.4, -0.2) is 20.2 Å². The van der Waals surface area contributed by atoms with Gasteiger partial charge in [-0.2, -0.15) is 10.1 Å². The third-order valence-electron chi connectivity index (χ3n) is 4.46. The molecule has 3 N–H and O–H groups in total. The third-order valence-corrected chi connectivity index (χ3v) is 4.46. The highest BCUT2D eigenvalue weighted by Gasteiger charge is 2.25. The predicted molar refractivity (Wildman–Crippen MR) is 99.4 cm³/mol. The van der Waals surface area contributed by atoms with Crippen LogP contribution >= 0.6 is 0 Å². The standard InChI is InChI=1S/C19H18N6O/c1-2-4-12(5-3-1)11-20-19-21-14-8-9-26-17(14)18(23-19)22-16-10-15(24-25-16)13-6-7-13/h1-5,8-10,13H,6-7,11H2,(H3,20,21,22,23,24,25). The Morgan fingerprint density at radius 1 is 1.12 bits per heavy atom. The van der Waals surface area contributed by atoms with Crippen molar-refractivity contribution in [2.24, 2.45) is 0 Å². The molecule has 3 aromatic heterocycles. The summed E-state index contributed by atoms with van der Waals surface area (Å²) < 4.78 is 5.55. The van der Waals surface area contributed by atoms with Gasteiger partial charge in [0.1, 0.15) is 5.52 Å². The van der Waals surface area contributed by atoms with Crippen molar-refractivity contribution < 1.29 is 4.42 Å². The molecule has 130 valence electrons. The molecule has 3 heterocycles. The van der Waals surface area contributed by atoms with Crippen molar-refractivity contribution in [3.63, 3.8) is 0 Å². The Balaban J connectivity index is 1.40. The molecule has 0 unspecified atom stereocenters. The number of nitrogens with one attached hydrogen (secondary N) is 3. The predicted octanol–water partition coefficient (Wildman–Crippen LogP) is 4.18. The zero-order valence-corrected chi connectivity index (χ0v) is 14.1. The molecule has 1 aliphatic rings. The summed E-state index contributed by atoms with van der Waals surface area (Å²) in [5, 5.41) is 13.9. The summed E-state index contributed by atoms with van der Waals surface area (Å²) in [6, 6.07) is 14.0. The van der Waals surface area contributed by atoms with E-state index in [1.54, 1.807) is 6.26 Å². The van der Waals surface area contributed by atoms with E-state index >= 15 is 0 Å². The maximum Gasteiger partial charge on any atom is 0.225 e. The molecule has 1 aromatic carbocycles. The lowest BCUT2D eigenvalue weighted by molar-refractivity contribution is 0.615. The van der Waals surface area contributed by atoms with E-state index in [4.69, 9.17) is 4.42 Å². The third kappa shape index (κ3) is 2.99. The number of rotatable bonds is 6. The van der Waals surface area contributed by atoms with E-state index in [9.17, 15) is 0 Å². The van der Waals surface area contributed by atoms with Crippen molar-refractivity contribution in [3.8, 4) is 0 Å². The van der Waals surface area contributed by atoms with Crippen LogP contribution in [0.3, 0.4) is 0 Å². The van der Waals surface area contributed by atoms with Crippen molar-refractivity contribution >= 4 is 28.7 Å². The topological polar surface area (TPSA) is 91.7 Å². The summed E-state index contributed by atoms with van der Waals surface area (Å²) in [4.78, 5) is 9.08. The fourth-order valence-electron chi connectivity index (χ4n) is 2.93. The van der Waals surface area contributed by atoms with Crippen LogP contribution in [0.25, 0.3) is 11.1 Å². The summed E-state index contributed by atoms with van der Waals surface area (Å²) >= 11 is 0. The summed E-state index contributed by atoms with van der Waals surface area (Å²) in [6.45, 7) is 0.651. The van der Waals surface area contributed by atoms with Gasteiger partial charge in [0.25, 0.3) is 0 Å². The normalized spacial score (nSPS) is 13.8. The molecule has 0 amide bonds. The Kier molecular flexibility index (Phi) is 3.55. The molecule has 0 bridgehead atoms. The molecule has 1 saturated carbocycles. The van der Waals surface area contributed by atoms with Crippen LogP contribution in [-0.2, 0) is 6.54 Å². The lowest BCUT2D eigenvalue weighted by Gasteiger charge is -2.08. The minimum absolute atomic E-state index is 0.545. The van der Waals surface area contributed by atoms with E-state index in [1.165, 1.54) is 24.1 Å². The molecule has 7 nitrogen and oxygen atoms in total. The van der Waals surface area contributed by atoms with E-state index in [0.717, 1.165) is 11.3 Å². The van der Waals surface area contributed by atoms with Gasteiger partial charge in [0.15, 0.2) is 17.2 Å². The zero-order chi connectivity index (χ0) is 17.3. The molecular formula is C19H18N6O. The zero-order valence-electron chi connectivity index (χ0n) is 14.1. The first-order valence-electron chi connectivity index (χ1n) is 8.70. The van der Waals surface area contributed by atoms with Gasteiger partial charge in [0.2, 0.25) is 5.95 Å². The molecule has 1 fully saturated rings. The number of aromatic nitrogens is 4. The fraction of sp³-hybridized carbons (Fsp3) is 0.211. The number of anilines is 3. The second-order valence-electron chi connectivity index (χ2n) is 6.48. The molecule has 26 heavy (non-hydrogen) atoms. The van der Waals surface area contributed by atoms with Gasteiger partial charge in [-0.05, 0) is 18.4 Å². The van der Waals surface area contributed by atoms with E-state index < -0.39 is 0 Å². The molecule has 0 spiro atoms. The Labute approximate surface area is 149 Å². The minimum atomic E-state index is 0.545. The minimum Gasteiger partial charge on any atom is -0.459 e. The molecule has 0 saturated heterocycles. The van der Waals surface area contributed by atoms with Gasteiger partial charge in [-0.15, -0.1) is 0 Å². The number of hydrogen-bond donors (Lipinski definition) is 3. The maximum absolute atomic E-state index is 5.55. The fourth-order valence-corrected chi connectivity index (χ4v) is 2.93. The monoisotopic (exact) mass is 346 g/mol. The first-order chi connectivity index (χ1) is 12.8. The summed E-state index contributed by atoms with van der Waals surface area (Å²) in [5.74, 6) is 2.50. The number of H-pyrrole nitrogens is 1. The van der Waals surface area contributed by atoms with E-state index in [1.807, 2.05) is 30.3 Å². The summed E-state index contributed by atoms with van der Waals surface area (Å²) in [5.41, 5.74) is 3.70. The number of furan rings is 1. The lowest BCUT2D eigenvalue weighted by atomic mass is 10.2. The number of fused-ring (bicyclic) bond motifs is 1. The molecule has 1 aliphatic carbocycles. The number of benzene rings is 1. The van der Waals surface area contributed by atoms with Crippen LogP contribution in [0.15, 0.2) is 53.1 Å². The molecule has 4 aromatic rings. The van der Waals surface area contributed by atoms with Gasteiger partial charge in [-0.3, -0.25) is 5.10 Å². The van der Waals surface area contributed by atoms with Crippen molar-refractivity contribution in [2.45, 2.75) is 25.3 Å². The van der Waals surface area contributed by atoms with Gasteiger partial charge in [0, 0.05) is 30.3 Å². The Morgan fingerprint density at radius 2 is 2.00 bits per heavy atom. The second kappa shape index (κ2) is 6.18. The molecule has 5 rings (SSSR count). The molecule has 0 radical (unpaired) electrons. The average Bonchev–Trinajstić information content (AvgIpc) is 3.22. The number of hydrogen-bond acceptors (Lipinski definition) is 6. The summed E-state index contributed by atoms with van der Waals surface area (Å²) in [7, 11) is 0. The number of nitrogens with zero attached hydrogens (tertiary/aromatic N) is 3. The highest BCUT2D eigenvalue weighted by Crippen LogP contribution is 2.39. The second-order valence-corrected chi connectivity index (χ2v) is 6.48. The first-order valence-corrected chi connectivity index (χ1v) is 8.70. The van der Waals surface area contributed by atoms with E-state index in [2.05, 4.69) is 42.9 Å². The van der Waals surface area contributed by atoms with Crippen molar-refractivity contribution in [3.05, 3.63) is 60.0 Å². The van der Waals surface area contributed by atoms with E-state index in [0.29, 0.717) is 29.8 Å². The van der Waals surface area contributed by atoms with E-state index in [-0.39, 0.29) is 0 Å². The summed E-state index contributed by atoms with van der Waals surface area (Å²) in [6.07, 6.45) is 4.07. The SMILES string of the molecule is c1ccc(CNc2nc(Nc3cc(C4CC4)[nH]n3)c3occc3n2)cc1. The van der Waals surface area contributed by atoms with Gasteiger partial charge < -0.3 is 15.1 Å². The van der Waals surface area contributed by atoms with Gasteiger partial charge in [-0.25, -0.2) is 4.98 Å². The average molecular weight is 346 g/mol. The number of aromatic amines is 1. The Morgan fingerprint density at radius 3 is 2.85 bits per heavy atom. The van der Waals surface area contributed by atoms with Gasteiger partial charge in [0.05, 0.1) is 6.26 Å². The largest absolute Gasteiger partial charge is 0.459 e. The van der Waals surface area contributed by atoms with Crippen LogP contribution in [0.1, 0.15) is 30.0 Å². The van der Waals surface area contributed by atoms with Crippen LogP contribution in [0, 0.1) is 0 Å². The first kappa shape index (κ1) is 14.9. The van der Waals surface area contributed by atoms with Crippen LogP contribution in [0.4, 0.5) is 17.6 Å². The maximum atomic E-state index is 5.55. The molecule has 0 atom stereocenters. The smallest absolute Gasteiger partial charge is 0.225 e. The molecule has 7 heteroatoms. The van der Waals surface area contributed by atoms with Crippen LogP contribution in [0.5, 0.6) is 0 Å².